The molecule has 4 atom stereocenters. The van der Waals surface area contributed by atoms with Gasteiger partial charge in [-0.25, -0.2) is 4.79 Å². The minimum absolute atomic E-state index is 0.0282. The zero-order valence-electron chi connectivity index (χ0n) is 26.6. The molecule has 2 saturated heterocycles. The molecule has 2 fully saturated rings. The third-order valence-electron chi connectivity index (χ3n) is 9.08. The number of carbonyl (C=O) groups is 2. The topological polar surface area (TPSA) is 82.9 Å². The summed E-state index contributed by atoms with van der Waals surface area (Å²) >= 11 is 0. The summed E-state index contributed by atoms with van der Waals surface area (Å²) in [7, 11) is 0. The Kier molecular flexibility index (Phi) is 10.6. The molecule has 2 heterocycles. The van der Waals surface area contributed by atoms with Crippen molar-refractivity contribution in [2.24, 2.45) is 5.92 Å². The van der Waals surface area contributed by atoms with Crippen LogP contribution in [0.1, 0.15) is 72.6 Å². The standard InChI is InChI=1S/C36H35F6N3O4/c1-24(27-16-29(35(37,38)39)18-30(17-27)36(40,41)42)48-21-28-19-34(22-43,45-15-9-8-14-31(45)46)23-44(32(28)26-12-6-3-7-13-26)33(47)49-20-25-10-4-2-5-11-25/h2-7,10-13,16-18,24,28,32H,8-9,14-15,19-21,23H2,1H3/t24-,28-,32-,34-/m1/s1. The molecular formula is C36H35F6N3O4. The van der Waals surface area contributed by atoms with Crippen molar-refractivity contribution in [1.82, 2.24) is 9.80 Å². The van der Waals surface area contributed by atoms with E-state index in [0.29, 0.717) is 30.5 Å². The van der Waals surface area contributed by atoms with Crippen LogP contribution >= 0.6 is 0 Å². The van der Waals surface area contributed by atoms with E-state index in [-0.39, 0.29) is 56.7 Å². The fraction of sp³-hybridized carbons (Fsp3) is 0.417. The Labute approximate surface area is 280 Å². The Balaban J connectivity index is 1.52. The Morgan fingerprint density at radius 2 is 1.57 bits per heavy atom. The largest absolute Gasteiger partial charge is 0.445 e. The molecule has 3 aromatic rings. The molecule has 0 saturated carbocycles. The number of benzene rings is 3. The van der Waals surface area contributed by atoms with E-state index in [1.807, 2.05) is 6.07 Å². The summed E-state index contributed by atoms with van der Waals surface area (Å²) in [5, 5.41) is 10.7. The average molecular weight is 688 g/mol. The van der Waals surface area contributed by atoms with E-state index in [1.54, 1.807) is 54.6 Å². The highest BCUT2D eigenvalue weighted by Crippen LogP contribution is 2.45. The highest BCUT2D eigenvalue weighted by molar-refractivity contribution is 5.79. The van der Waals surface area contributed by atoms with Crippen LogP contribution in [0.25, 0.3) is 0 Å². The summed E-state index contributed by atoms with van der Waals surface area (Å²) in [4.78, 5) is 30.0. The highest BCUT2D eigenvalue weighted by Gasteiger charge is 2.53. The summed E-state index contributed by atoms with van der Waals surface area (Å²) in [5.41, 5.74) is -3.40. The Morgan fingerprint density at radius 3 is 2.14 bits per heavy atom. The van der Waals surface area contributed by atoms with Gasteiger partial charge in [0.2, 0.25) is 5.91 Å². The molecule has 0 aromatic heterocycles. The van der Waals surface area contributed by atoms with Crippen molar-refractivity contribution in [3.8, 4) is 6.07 Å². The zero-order valence-corrected chi connectivity index (χ0v) is 26.6. The van der Waals surface area contributed by atoms with E-state index in [2.05, 4.69) is 6.07 Å². The first-order valence-corrected chi connectivity index (χ1v) is 15.9. The number of rotatable bonds is 8. The third kappa shape index (κ3) is 8.19. The number of hydrogen-bond donors (Lipinski definition) is 0. The molecule has 260 valence electrons. The van der Waals surface area contributed by atoms with Crippen LogP contribution in [0, 0.1) is 17.2 Å². The van der Waals surface area contributed by atoms with Gasteiger partial charge in [0.1, 0.15) is 12.1 Å². The van der Waals surface area contributed by atoms with Gasteiger partial charge in [0.15, 0.2) is 0 Å². The Bertz CT molecular complexity index is 1630. The second-order valence-corrected chi connectivity index (χ2v) is 12.4. The van der Waals surface area contributed by atoms with Gasteiger partial charge in [-0.3, -0.25) is 9.69 Å². The van der Waals surface area contributed by atoms with Crippen molar-refractivity contribution in [2.45, 2.75) is 69.3 Å². The fourth-order valence-corrected chi connectivity index (χ4v) is 6.65. The van der Waals surface area contributed by atoms with Gasteiger partial charge in [0.25, 0.3) is 0 Å². The number of alkyl halides is 6. The zero-order chi connectivity index (χ0) is 35.4. The first-order valence-electron chi connectivity index (χ1n) is 15.9. The molecule has 0 aliphatic carbocycles. The lowest BCUT2D eigenvalue weighted by Crippen LogP contribution is -2.64. The van der Waals surface area contributed by atoms with Crippen molar-refractivity contribution in [3.63, 3.8) is 0 Å². The van der Waals surface area contributed by atoms with E-state index in [0.717, 1.165) is 5.56 Å². The van der Waals surface area contributed by atoms with Crippen LogP contribution in [0.2, 0.25) is 0 Å². The first kappa shape index (κ1) is 35.7. The van der Waals surface area contributed by atoms with Crippen LogP contribution in [0.3, 0.4) is 0 Å². The van der Waals surface area contributed by atoms with Gasteiger partial charge in [0, 0.05) is 18.9 Å². The van der Waals surface area contributed by atoms with Gasteiger partial charge in [-0.1, -0.05) is 60.7 Å². The molecule has 0 unspecified atom stereocenters. The summed E-state index contributed by atoms with van der Waals surface area (Å²) in [6, 6.07) is 20.6. The van der Waals surface area contributed by atoms with Gasteiger partial charge in [-0.05, 0) is 61.1 Å². The van der Waals surface area contributed by atoms with Gasteiger partial charge >= 0.3 is 18.4 Å². The molecule has 0 radical (unpaired) electrons. The molecule has 2 amide bonds. The average Bonchev–Trinajstić information content (AvgIpc) is 3.09. The quantitative estimate of drug-likeness (QED) is 0.222. The number of carbonyl (C=O) groups excluding carboxylic acids is 2. The molecule has 5 rings (SSSR count). The highest BCUT2D eigenvalue weighted by atomic mass is 19.4. The second-order valence-electron chi connectivity index (χ2n) is 12.4. The normalized spacial score (nSPS) is 22.4. The van der Waals surface area contributed by atoms with Gasteiger partial charge in [-0.2, -0.15) is 31.6 Å². The minimum atomic E-state index is -5.04. The van der Waals surface area contributed by atoms with E-state index in [9.17, 15) is 41.2 Å². The van der Waals surface area contributed by atoms with Crippen LogP contribution in [-0.2, 0) is 33.2 Å². The maximum atomic E-state index is 13.9. The third-order valence-corrected chi connectivity index (χ3v) is 9.08. The Morgan fingerprint density at radius 1 is 0.959 bits per heavy atom. The number of hydrogen-bond acceptors (Lipinski definition) is 5. The first-order chi connectivity index (χ1) is 23.2. The lowest BCUT2D eigenvalue weighted by Gasteiger charge is -2.52. The summed E-state index contributed by atoms with van der Waals surface area (Å²) in [6.45, 7) is 1.09. The van der Waals surface area contributed by atoms with Crippen molar-refractivity contribution in [3.05, 3.63) is 107 Å². The Hall–Kier alpha value is -4.57. The predicted octanol–water partition coefficient (Wildman–Crippen LogP) is 8.48. The number of halogens is 6. The van der Waals surface area contributed by atoms with E-state index in [4.69, 9.17) is 9.47 Å². The molecule has 0 N–H and O–H groups in total. The van der Waals surface area contributed by atoms with E-state index < -0.39 is 53.2 Å². The minimum Gasteiger partial charge on any atom is -0.445 e. The number of ether oxygens (including phenoxy) is 2. The molecular weight excluding hydrogens is 652 g/mol. The second kappa shape index (κ2) is 14.5. The lowest BCUT2D eigenvalue weighted by molar-refractivity contribution is -0.144. The number of likely N-dealkylation sites (tertiary alicyclic amines) is 2. The summed E-state index contributed by atoms with van der Waals surface area (Å²) in [5.74, 6) is -0.981. The monoisotopic (exact) mass is 687 g/mol. The van der Waals surface area contributed by atoms with Gasteiger partial charge in [0.05, 0.1) is 42.5 Å². The number of nitriles is 1. The SMILES string of the molecule is C[C@@H](OC[C@H]1C[C@](C#N)(N2CCCCC2=O)CN(C(=O)OCc2ccccc2)[C@@H]1c1ccccc1)c1cc(C(F)(F)F)cc(C(F)(F)F)c1. The number of nitrogens with zero attached hydrogens (tertiary/aromatic N) is 3. The van der Waals surface area contributed by atoms with Crippen LogP contribution in [0.4, 0.5) is 31.1 Å². The molecule has 2 aliphatic heterocycles. The molecule has 0 spiro atoms. The van der Waals surface area contributed by atoms with E-state index >= 15 is 0 Å². The van der Waals surface area contributed by atoms with Crippen molar-refractivity contribution in [2.75, 3.05) is 19.7 Å². The fourth-order valence-electron chi connectivity index (χ4n) is 6.65. The molecule has 0 bridgehead atoms. The molecule has 2 aliphatic rings. The van der Waals surface area contributed by atoms with Crippen molar-refractivity contribution >= 4 is 12.0 Å². The van der Waals surface area contributed by atoms with Crippen LogP contribution in [-0.4, -0.2) is 47.0 Å². The molecule has 49 heavy (non-hydrogen) atoms. The maximum Gasteiger partial charge on any atom is 0.416 e. The molecule has 13 heteroatoms. The van der Waals surface area contributed by atoms with Gasteiger partial charge < -0.3 is 14.4 Å². The maximum absolute atomic E-state index is 13.9. The van der Waals surface area contributed by atoms with Crippen LogP contribution in [0.15, 0.2) is 78.9 Å². The predicted molar refractivity (Wildman–Crippen MR) is 165 cm³/mol. The molecule has 3 aromatic carbocycles. The number of piperidine rings is 2. The van der Waals surface area contributed by atoms with E-state index in [1.165, 1.54) is 16.7 Å². The van der Waals surface area contributed by atoms with Crippen LogP contribution < -0.4 is 0 Å². The summed E-state index contributed by atoms with van der Waals surface area (Å²) in [6.07, 6.45) is -10.5. The van der Waals surface area contributed by atoms with Crippen molar-refractivity contribution < 1.29 is 45.4 Å². The summed E-state index contributed by atoms with van der Waals surface area (Å²) < 4.78 is 93.5. The smallest absolute Gasteiger partial charge is 0.416 e. The van der Waals surface area contributed by atoms with Crippen LogP contribution in [0.5, 0.6) is 0 Å². The molecule has 7 nitrogen and oxygen atoms in total. The number of amides is 2. The lowest BCUT2D eigenvalue weighted by atomic mass is 9.75. The van der Waals surface area contributed by atoms with Gasteiger partial charge in [-0.15, -0.1) is 0 Å². The van der Waals surface area contributed by atoms with Crippen molar-refractivity contribution in [1.29, 1.82) is 5.26 Å².